The number of hydrogen-bond donors (Lipinski definition) is 2. The van der Waals surface area contributed by atoms with Gasteiger partial charge in [-0.3, -0.25) is 10.1 Å². The van der Waals surface area contributed by atoms with Crippen molar-refractivity contribution in [3.63, 3.8) is 0 Å². The van der Waals surface area contributed by atoms with Crippen LogP contribution in [0.2, 0.25) is 0 Å². The first-order chi connectivity index (χ1) is 5.49. The highest BCUT2D eigenvalue weighted by molar-refractivity contribution is 5.97. The molecule has 0 aromatic carbocycles. The Morgan fingerprint density at radius 3 is 2.25 bits per heavy atom. The van der Waals surface area contributed by atoms with Crippen molar-refractivity contribution in [3.8, 4) is 0 Å². The van der Waals surface area contributed by atoms with Crippen molar-refractivity contribution in [1.29, 1.82) is 0 Å². The summed E-state index contributed by atoms with van der Waals surface area (Å²) in [6.45, 7) is 10.1. The predicted molar refractivity (Wildman–Crippen MR) is 43.0 cm³/mol. The molecule has 0 saturated heterocycles. The largest absolute Gasteiger partial charge is 0.351 e. The lowest BCUT2D eigenvalue weighted by Gasteiger charge is -2.06. The van der Waals surface area contributed by atoms with Crippen molar-refractivity contribution in [1.82, 2.24) is 5.32 Å². The van der Waals surface area contributed by atoms with Gasteiger partial charge in [-0.15, -0.1) is 0 Å². The van der Waals surface area contributed by atoms with E-state index in [1.54, 1.807) is 13.8 Å². The number of nitrogens with two attached hydrogens (primary N) is 1. The summed E-state index contributed by atoms with van der Waals surface area (Å²) in [7, 11) is 0. The zero-order valence-corrected chi connectivity index (χ0v) is 7.00. The van der Waals surface area contributed by atoms with Gasteiger partial charge in [-0.2, -0.15) is 0 Å². The lowest BCUT2D eigenvalue weighted by atomic mass is 10.1. The molecule has 0 saturated carbocycles. The van der Waals surface area contributed by atoms with Crippen LogP contribution in [0.15, 0.2) is 0 Å². The molecule has 1 atom stereocenters. The molecule has 1 unspecified atom stereocenters. The van der Waals surface area contributed by atoms with Crippen molar-refractivity contribution in [3.05, 3.63) is 11.4 Å². The van der Waals surface area contributed by atoms with Gasteiger partial charge in [0.25, 0.3) is 0 Å². The second-order valence-corrected chi connectivity index (χ2v) is 2.67. The van der Waals surface area contributed by atoms with Crippen LogP contribution in [-0.2, 0) is 4.79 Å². The van der Waals surface area contributed by atoms with Crippen molar-refractivity contribution in [2.75, 3.05) is 0 Å². The smallest absolute Gasteiger partial charge is 0.319 e. The molecule has 66 valence electrons. The maximum Gasteiger partial charge on any atom is 0.319 e. The van der Waals surface area contributed by atoms with Gasteiger partial charge in [0.15, 0.2) is 0 Å². The number of imide groups is 1. The van der Waals surface area contributed by atoms with Gasteiger partial charge in [-0.1, -0.05) is 13.8 Å². The molecule has 0 fully saturated rings. The monoisotopic (exact) mass is 169 g/mol. The van der Waals surface area contributed by atoms with Crippen LogP contribution in [0.4, 0.5) is 4.79 Å². The summed E-state index contributed by atoms with van der Waals surface area (Å²) in [6, 6.07) is -1.76. The molecule has 3 N–H and O–H groups in total. The number of nitrogens with zero attached hydrogens (tertiary/aromatic N) is 1. The van der Waals surface area contributed by atoms with Gasteiger partial charge in [0.1, 0.15) is 0 Å². The summed E-state index contributed by atoms with van der Waals surface area (Å²) in [5.74, 6) is -0.755. The quantitative estimate of drug-likeness (QED) is 0.576. The molecule has 3 amide bonds. The summed E-state index contributed by atoms with van der Waals surface area (Å²) in [5, 5.41) is 1.86. The number of nitrogens with one attached hydrogen (secondary N) is 1. The molecule has 0 spiro atoms. The number of primary amides is 1. The lowest BCUT2D eigenvalue weighted by molar-refractivity contribution is -0.121. The Hall–Kier alpha value is -1.57. The summed E-state index contributed by atoms with van der Waals surface area (Å²) in [5.41, 5.74) is 4.71. The fourth-order valence-electron chi connectivity index (χ4n) is 0.706. The van der Waals surface area contributed by atoms with Gasteiger partial charge in [-0.05, 0) is 0 Å². The highest BCUT2D eigenvalue weighted by Crippen LogP contribution is 2.05. The topological polar surface area (TPSA) is 76.6 Å². The fourth-order valence-corrected chi connectivity index (χ4v) is 0.706. The van der Waals surface area contributed by atoms with E-state index in [0.717, 1.165) is 0 Å². The fraction of sp³-hybridized carbons (Fsp3) is 0.571. The maximum atomic E-state index is 11.0. The van der Waals surface area contributed by atoms with Crippen LogP contribution in [0.5, 0.6) is 0 Å². The minimum absolute atomic E-state index is 0.123. The van der Waals surface area contributed by atoms with E-state index in [-0.39, 0.29) is 5.92 Å². The van der Waals surface area contributed by atoms with Crippen LogP contribution >= 0.6 is 0 Å². The van der Waals surface area contributed by atoms with Gasteiger partial charge in [0.05, 0.1) is 0 Å². The average Bonchev–Trinajstić information content (AvgIpc) is 1.85. The summed E-state index contributed by atoms with van der Waals surface area (Å²) in [6.07, 6.45) is 0. The standard InChI is InChI=1S/C7H11N3O2/c1-4(2)5(9-3)6(11)10-7(8)12/h4-5H,1-2H3,(H3,8,10,11,12). The first-order valence-electron chi connectivity index (χ1n) is 3.46. The number of rotatable bonds is 2. The zero-order valence-electron chi connectivity index (χ0n) is 7.00. The van der Waals surface area contributed by atoms with Crippen LogP contribution < -0.4 is 11.1 Å². The molecule has 0 radical (unpaired) electrons. The molecule has 0 aliphatic rings. The second kappa shape index (κ2) is 4.34. The second-order valence-electron chi connectivity index (χ2n) is 2.67. The predicted octanol–water partition coefficient (Wildman–Crippen LogP) is 0.125. The van der Waals surface area contributed by atoms with Crippen molar-refractivity contribution in [2.45, 2.75) is 19.9 Å². The number of carbonyl (C=O) groups excluding carboxylic acids is 2. The Bertz CT molecular complexity index is 229. The molecular weight excluding hydrogens is 158 g/mol. The Labute approximate surface area is 70.7 Å². The summed E-state index contributed by atoms with van der Waals surface area (Å²) >= 11 is 0. The Kier molecular flexibility index (Phi) is 3.77. The Morgan fingerprint density at radius 2 is 2.00 bits per heavy atom. The minimum atomic E-state index is -0.922. The van der Waals surface area contributed by atoms with Crippen LogP contribution in [-0.4, -0.2) is 18.0 Å². The van der Waals surface area contributed by atoms with Crippen molar-refractivity contribution < 1.29 is 9.59 Å². The van der Waals surface area contributed by atoms with Crippen molar-refractivity contribution >= 4 is 11.9 Å². The van der Waals surface area contributed by atoms with Crippen molar-refractivity contribution in [2.24, 2.45) is 11.7 Å². The molecule has 12 heavy (non-hydrogen) atoms. The SMILES string of the molecule is [C-]#[N+]C(C(=O)NC(N)=O)C(C)C. The zero-order chi connectivity index (χ0) is 9.72. The van der Waals surface area contributed by atoms with Gasteiger partial charge < -0.3 is 10.6 Å². The van der Waals surface area contributed by atoms with E-state index in [2.05, 4.69) is 4.85 Å². The average molecular weight is 169 g/mol. The molecule has 0 aromatic heterocycles. The van der Waals surface area contributed by atoms with E-state index in [1.807, 2.05) is 5.32 Å². The molecule has 0 heterocycles. The molecule has 0 bridgehead atoms. The van der Waals surface area contributed by atoms with Crippen LogP contribution in [0.3, 0.4) is 0 Å². The summed E-state index contributed by atoms with van der Waals surface area (Å²) < 4.78 is 0. The number of hydrogen-bond acceptors (Lipinski definition) is 2. The molecule has 0 aliphatic carbocycles. The molecule has 5 heteroatoms. The number of urea groups is 1. The number of carbonyl (C=O) groups is 2. The van der Waals surface area contributed by atoms with E-state index in [1.165, 1.54) is 0 Å². The van der Waals surface area contributed by atoms with E-state index in [4.69, 9.17) is 12.3 Å². The van der Waals surface area contributed by atoms with Crippen LogP contribution in [0.25, 0.3) is 4.85 Å². The summed E-state index contributed by atoms with van der Waals surface area (Å²) in [4.78, 5) is 24.3. The first kappa shape index (κ1) is 10.4. The Morgan fingerprint density at radius 1 is 1.50 bits per heavy atom. The van der Waals surface area contributed by atoms with Crippen LogP contribution in [0.1, 0.15) is 13.8 Å². The number of amides is 3. The third-order valence-electron chi connectivity index (χ3n) is 1.29. The molecule has 0 aromatic rings. The van der Waals surface area contributed by atoms with Gasteiger partial charge in [0, 0.05) is 5.92 Å². The molecule has 5 nitrogen and oxygen atoms in total. The van der Waals surface area contributed by atoms with E-state index >= 15 is 0 Å². The van der Waals surface area contributed by atoms with Gasteiger partial charge >= 0.3 is 18.0 Å². The molecular formula is C7H11N3O2. The van der Waals surface area contributed by atoms with Gasteiger partial charge in [-0.25, -0.2) is 11.4 Å². The van der Waals surface area contributed by atoms with Gasteiger partial charge in [0.2, 0.25) is 0 Å². The molecule has 0 aliphatic heterocycles. The van der Waals surface area contributed by atoms with Crippen LogP contribution in [0, 0.1) is 12.5 Å². The third-order valence-corrected chi connectivity index (χ3v) is 1.29. The minimum Gasteiger partial charge on any atom is -0.351 e. The highest BCUT2D eigenvalue weighted by Gasteiger charge is 2.27. The first-order valence-corrected chi connectivity index (χ1v) is 3.46. The normalized spacial score (nSPS) is 11.8. The molecule has 0 rings (SSSR count). The maximum absolute atomic E-state index is 11.0. The Balaban J connectivity index is 4.25. The lowest BCUT2D eigenvalue weighted by Crippen LogP contribution is -2.42. The third kappa shape index (κ3) is 3.01. The van der Waals surface area contributed by atoms with E-state index in [9.17, 15) is 9.59 Å². The van der Waals surface area contributed by atoms with E-state index in [0.29, 0.717) is 0 Å². The van der Waals surface area contributed by atoms with E-state index < -0.39 is 18.0 Å². The highest BCUT2D eigenvalue weighted by atomic mass is 16.2.